The lowest BCUT2D eigenvalue weighted by molar-refractivity contribution is 0.0447. The average Bonchev–Trinajstić information content (AvgIpc) is 2.46. The molecule has 0 aliphatic heterocycles. The minimum atomic E-state index is 0.234. The predicted octanol–water partition coefficient (Wildman–Crippen LogP) is 3.99. The van der Waals surface area contributed by atoms with Gasteiger partial charge in [0, 0.05) is 14.2 Å². The van der Waals surface area contributed by atoms with Gasteiger partial charge in [-0.1, -0.05) is 19.8 Å². The third-order valence-electron chi connectivity index (χ3n) is 2.80. The highest BCUT2D eigenvalue weighted by molar-refractivity contribution is 14.1. The van der Waals surface area contributed by atoms with E-state index in [1.54, 1.807) is 14.2 Å². The molecule has 4 nitrogen and oxygen atoms in total. The molecule has 0 saturated heterocycles. The molecule has 0 heterocycles. The summed E-state index contributed by atoms with van der Waals surface area (Å²) in [6, 6.07) is 4.13. The molecule has 0 amide bonds. The van der Waals surface area contributed by atoms with E-state index in [0.29, 0.717) is 0 Å². The fraction of sp³-hybridized carbons (Fsp3) is 0.600. The number of halogens is 1. The number of hydrogen-bond donors (Lipinski definition) is 0. The number of unbranched alkanes of at least 4 members (excludes halogenated alkanes) is 2. The molecular weight excluding hydrogens is 371 g/mol. The van der Waals surface area contributed by atoms with E-state index in [4.69, 9.17) is 18.9 Å². The van der Waals surface area contributed by atoms with Gasteiger partial charge in [-0.3, -0.25) is 0 Å². The van der Waals surface area contributed by atoms with Gasteiger partial charge in [-0.15, -0.1) is 0 Å². The Morgan fingerprint density at radius 1 is 0.950 bits per heavy atom. The summed E-state index contributed by atoms with van der Waals surface area (Å²) in [7, 11) is 3.22. The molecule has 0 spiro atoms. The predicted molar refractivity (Wildman–Crippen MR) is 87.4 cm³/mol. The zero-order valence-corrected chi connectivity index (χ0v) is 14.6. The maximum absolute atomic E-state index is 5.60. The second-order valence-corrected chi connectivity index (χ2v) is 5.54. The standard InChI is InChI=1S/C15H23IO4/c1-4-5-6-7-12-8-13(19-10-17-2)15(16)14(9-12)20-11-18-3/h8-9H,4-7,10-11H2,1-3H3. The first-order chi connectivity index (χ1) is 9.72. The molecule has 0 saturated carbocycles. The highest BCUT2D eigenvalue weighted by atomic mass is 127. The van der Waals surface area contributed by atoms with Crippen LogP contribution in [0.15, 0.2) is 12.1 Å². The van der Waals surface area contributed by atoms with Crippen molar-refractivity contribution in [2.45, 2.75) is 32.6 Å². The van der Waals surface area contributed by atoms with Crippen LogP contribution < -0.4 is 9.47 Å². The summed E-state index contributed by atoms with van der Waals surface area (Å²) < 4.78 is 22.1. The third kappa shape index (κ3) is 5.85. The van der Waals surface area contributed by atoms with Gasteiger partial charge in [0.15, 0.2) is 13.6 Å². The smallest absolute Gasteiger partial charge is 0.188 e. The Balaban J connectivity index is 2.86. The van der Waals surface area contributed by atoms with Crippen molar-refractivity contribution in [1.82, 2.24) is 0 Å². The third-order valence-corrected chi connectivity index (χ3v) is 3.86. The highest BCUT2D eigenvalue weighted by Gasteiger charge is 2.11. The molecule has 1 aromatic carbocycles. The Hall–Kier alpha value is -0.530. The molecule has 1 aromatic rings. The van der Waals surface area contributed by atoms with Crippen LogP contribution in [-0.4, -0.2) is 27.8 Å². The van der Waals surface area contributed by atoms with E-state index in [-0.39, 0.29) is 13.6 Å². The van der Waals surface area contributed by atoms with E-state index in [2.05, 4.69) is 41.6 Å². The van der Waals surface area contributed by atoms with E-state index in [1.165, 1.54) is 24.8 Å². The normalized spacial score (nSPS) is 10.6. The van der Waals surface area contributed by atoms with Crippen LogP contribution >= 0.6 is 22.6 Å². The first-order valence-corrected chi connectivity index (χ1v) is 7.86. The first kappa shape index (κ1) is 17.5. The molecule has 0 bridgehead atoms. The summed E-state index contributed by atoms with van der Waals surface area (Å²) >= 11 is 2.22. The minimum Gasteiger partial charge on any atom is -0.466 e. The lowest BCUT2D eigenvalue weighted by atomic mass is 10.1. The first-order valence-electron chi connectivity index (χ1n) is 6.78. The molecule has 0 aromatic heterocycles. The number of rotatable bonds is 10. The van der Waals surface area contributed by atoms with Gasteiger partial charge in [0.2, 0.25) is 0 Å². The van der Waals surface area contributed by atoms with Gasteiger partial charge in [-0.2, -0.15) is 0 Å². The van der Waals surface area contributed by atoms with Crippen LogP contribution in [0.25, 0.3) is 0 Å². The Labute approximate surface area is 134 Å². The van der Waals surface area contributed by atoms with E-state index in [0.717, 1.165) is 21.5 Å². The fourth-order valence-electron chi connectivity index (χ4n) is 1.80. The fourth-order valence-corrected chi connectivity index (χ4v) is 2.43. The summed E-state index contributed by atoms with van der Waals surface area (Å²) in [6.45, 7) is 2.67. The number of ether oxygens (including phenoxy) is 4. The van der Waals surface area contributed by atoms with Crippen molar-refractivity contribution >= 4 is 22.6 Å². The van der Waals surface area contributed by atoms with Gasteiger partial charge in [0.05, 0.1) is 3.57 Å². The molecule has 0 radical (unpaired) electrons. The van der Waals surface area contributed by atoms with Gasteiger partial charge in [0.1, 0.15) is 11.5 Å². The number of aryl methyl sites for hydroxylation is 1. The largest absolute Gasteiger partial charge is 0.466 e. The number of hydrogen-bond acceptors (Lipinski definition) is 4. The van der Waals surface area contributed by atoms with Crippen molar-refractivity contribution in [2.24, 2.45) is 0 Å². The van der Waals surface area contributed by atoms with Crippen molar-refractivity contribution in [3.8, 4) is 11.5 Å². The van der Waals surface area contributed by atoms with E-state index in [1.807, 2.05) is 0 Å². The Bertz CT molecular complexity index is 366. The van der Waals surface area contributed by atoms with Crippen LogP contribution in [0.1, 0.15) is 31.7 Å². The van der Waals surface area contributed by atoms with Gasteiger partial charge in [0.25, 0.3) is 0 Å². The second-order valence-electron chi connectivity index (χ2n) is 4.46. The zero-order valence-electron chi connectivity index (χ0n) is 12.4. The maximum atomic E-state index is 5.60. The minimum absolute atomic E-state index is 0.234. The van der Waals surface area contributed by atoms with Crippen LogP contribution in [0.2, 0.25) is 0 Å². The van der Waals surface area contributed by atoms with Crippen molar-refractivity contribution in [3.63, 3.8) is 0 Å². The molecule has 0 N–H and O–H groups in total. The van der Waals surface area contributed by atoms with Gasteiger partial charge in [-0.05, 0) is 53.1 Å². The molecule has 5 heteroatoms. The van der Waals surface area contributed by atoms with Gasteiger partial charge < -0.3 is 18.9 Å². The zero-order chi connectivity index (χ0) is 14.8. The molecule has 20 heavy (non-hydrogen) atoms. The molecule has 0 unspecified atom stereocenters. The van der Waals surface area contributed by atoms with Crippen LogP contribution in [0.5, 0.6) is 11.5 Å². The molecular formula is C15H23IO4. The van der Waals surface area contributed by atoms with Crippen LogP contribution in [0, 0.1) is 3.57 Å². The van der Waals surface area contributed by atoms with Crippen molar-refractivity contribution in [1.29, 1.82) is 0 Å². The summed E-state index contributed by atoms with van der Waals surface area (Å²) in [5.74, 6) is 1.60. The van der Waals surface area contributed by atoms with Gasteiger partial charge in [-0.25, -0.2) is 0 Å². The Morgan fingerprint density at radius 2 is 1.50 bits per heavy atom. The monoisotopic (exact) mass is 394 g/mol. The lowest BCUT2D eigenvalue weighted by Crippen LogP contribution is -2.05. The van der Waals surface area contributed by atoms with Gasteiger partial charge >= 0.3 is 0 Å². The number of methoxy groups -OCH3 is 2. The Kier molecular flexibility index (Phi) is 8.97. The van der Waals surface area contributed by atoms with E-state index >= 15 is 0 Å². The SMILES string of the molecule is CCCCCc1cc(OCOC)c(I)c(OCOC)c1. The van der Waals surface area contributed by atoms with Crippen molar-refractivity contribution < 1.29 is 18.9 Å². The summed E-state index contributed by atoms with van der Waals surface area (Å²) in [5.41, 5.74) is 1.22. The van der Waals surface area contributed by atoms with Crippen molar-refractivity contribution in [3.05, 3.63) is 21.3 Å². The Morgan fingerprint density at radius 3 is 1.95 bits per heavy atom. The summed E-state index contributed by atoms with van der Waals surface area (Å²) in [4.78, 5) is 0. The molecule has 0 aliphatic carbocycles. The quantitative estimate of drug-likeness (QED) is 0.342. The summed E-state index contributed by atoms with van der Waals surface area (Å²) in [5, 5.41) is 0. The highest BCUT2D eigenvalue weighted by Crippen LogP contribution is 2.33. The van der Waals surface area contributed by atoms with E-state index in [9.17, 15) is 0 Å². The van der Waals surface area contributed by atoms with Crippen molar-refractivity contribution in [2.75, 3.05) is 27.8 Å². The average molecular weight is 394 g/mol. The summed E-state index contributed by atoms with van der Waals surface area (Å²) in [6.07, 6.45) is 4.64. The lowest BCUT2D eigenvalue weighted by Gasteiger charge is -2.14. The van der Waals surface area contributed by atoms with Crippen LogP contribution in [-0.2, 0) is 15.9 Å². The molecule has 0 fully saturated rings. The topological polar surface area (TPSA) is 36.9 Å². The van der Waals surface area contributed by atoms with E-state index < -0.39 is 0 Å². The molecule has 0 atom stereocenters. The van der Waals surface area contributed by atoms with Crippen LogP contribution in [0.4, 0.5) is 0 Å². The molecule has 114 valence electrons. The molecule has 1 rings (SSSR count). The number of benzene rings is 1. The second kappa shape index (κ2) is 10.2. The van der Waals surface area contributed by atoms with Crippen LogP contribution in [0.3, 0.4) is 0 Å². The molecule has 0 aliphatic rings. The maximum Gasteiger partial charge on any atom is 0.188 e.